The first-order valence-corrected chi connectivity index (χ1v) is 4.47. The lowest BCUT2D eigenvalue weighted by molar-refractivity contribution is 0.969. The van der Waals surface area contributed by atoms with Gasteiger partial charge in [0.2, 0.25) is 0 Å². The minimum Gasteiger partial charge on any atom is -0.238 e. The molecule has 5 heteroatoms. The second kappa shape index (κ2) is 2.65. The van der Waals surface area contributed by atoms with Crippen LogP contribution in [0.15, 0.2) is 30.7 Å². The number of halogens is 1. The Balaban J connectivity index is 2.65. The maximum Gasteiger partial charge on any atom is 0.186 e. The lowest BCUT2D eigenvalue weighted by Crippen LogP contribution is -1.82. The molecular weight excluding hydrogens is 200 g/mol. The Hall–Kier alpha value is -1.68. The molecule has 3 heterocycles. The predicted molar refractivity (Wildman–Crippen MR) is 53.3 cm³/mol. The number of rotatable bonds is 0. The van der Waals surface area contributed by atoms with Crippen molar-refractivity contribution in [3.8, 4) is 0 Å². The zero-order chi connectivity index (χ0) is 9.54. The fourth-order valence-corrected chi connectivity index (χ4v) is 1.70. The van der Waals surface area contributed by atoms with E-state index in [1.54, 1.807) is 4.52 Å². The Morgan fingerprint density at radius 3 is 3.07 bits per heavy atom. The van der Waals surface area contributed by atoms with Crippen LogP contribution in [0, 0.1) is 0 Å². The molecule has 0 spiro atoms. The van der Waals surface area contributed by atoms with Crippen LogP contribution in [0.2, 0.25) is 5.15 Å². The van der Waals surface area contributed by atoms with Crippen molar-refractivity contribution < 1.29 is 0 Å². The van der Waals surface area contributed by atoms with Gasteiger partial charge in [0.05, 0.1) is 10.9 Å². The highest BCUT2D eigenvalue weighted by atomic mass is 35.5. The van der Waals surface area contributed by atoms with E-state index in [0.29, 0.717) is 10.8 Å². The van der Waals surface area contributed by atoms with Gasteiger partial charge in [0.25, 0.3) is 0 Å². The molecule has 14 heavy (non-hydrogen) atoms. The highest BCUT2D eigenvalue weighted by Crippen LogP contribution is 2.23. The van der Waals surface area contributed by atoms with Crippen LogP contribution in [0.5, 0.6) is 0 Å². The lowest BCUT2D eigenvalue weighted by atomic mass is 10.3. The molecule has 0 N–H and O–H groups in total. The van der Waals surface area contributed by atoms with Crippen LogP contribution in [0.25, 0.3) is 16.6 Å². The minimum absolute atomic E-state index is 0.441. The number of hydrogen-bond acceptors (Lipinski definition) is 3. The van der Waals surface area contributed by atoms with Gasteiger partial charge in [-0.2, -0.15) is 0 Å². The van der Waals surface area contributed by atoms with Gasteiger partial charge in [-0.05, 0) is 12.1 Å². The number of nitrogens with zero attached hydrogens (tertiary/aromatic N) is 4. The molecule has 0 saturated heterocycles. The van der Waals surface area contributed by atoms with Crippen LogP contribution in [0.4, 0.5) is 0 Å². The summed E-state index contributed by atoms with van der Waals surface area (Å²) >= 11 is 5.97. The van der Waals surface area contributed by atoms with E-state index in [-0.39, 0.29) is 0 Å². The summed E-state index contributed by atoms with van der Waals surface area (Å²) in [6.45, 7) is 0. The molecule has 0 saturated carbocycles. The maximum atomic E-state index is 5.97. The molecule has 0 aromatic carbocycles. The standard InChI is InChI=1S/C9H5ClN4/c10-8-7-6-3-1-2-4-14(6)13-9(7)12-5-11-8/h1-5H. The monoisotopic (exact) mass is 204 g/mol. The number of aromatic nitrogens is 4. The van der Waals surface area contributed by atoms with E-state index in [4.69, 9.17) is 11.6 Å². The summed E-state index contributed by atoms with van der Waals surface area (Å²) in [4.78, 5) is 7.98. The van der Waals surface area contributed by atoms with Crippen LogP contribution in [-0.2, 0) is 0 Å². The summed E-state index contributed by atoms with van der Waals surface area (Å²) in [6, 6.07) is 5.77. The Kier molecular flexibility index (Phi) is 1.46. The van der Waals surface area contributed by atoms with Crippen LogP contribution in [0.1, 0.15) is 0 Å². The van der Waals surface area contributed by atoms with Crippen molar-refractivity contribution in [2.75, 3.05) is 0 Å². The topological polar surface area (TPSA) is 43.1 Å². The predicted octanol–water partition coefficient (Wildman–Crippen LogP) is 1.93. The third-order valence-corrected chi connectivity index (χ3v) is 2.37. The largest absolute Gasteiger partial charge is 0.238 e. The van der Waals surface area contributed by atoms with Crippen molar-refractivity contribution in [1.82, 2.24) is 19.6 Å². The summed E-state index contributed by atoms with van der Waals surface area (Å²) < 4.78 is 1.74. The Morgan fingerprint density at radius 1 is 1.21 bits per heavy atom. The second-order valence-electron chi connectivity index (χ2n) is 2.89. The molecular formula is C9H5ClN4. The van der Waals surface area contributed by atoms with Gasteiger partial charge in [0.1, 0.15) is 11.5 Å². The molecule has 0 fully saturated rings. The van der Waals surface area contributed by atoms with Crippen LogP contribution in [-0.4, -0.2) is 19.6 Å². The lowest BCUT2D eigenvalue weighted by Gasteiger charge is -1.91. The van der Waals surface area contributed by atoms with Gasteiger partial charge in [-0.15, -0.1) is 5.10 Å². The van der Waals surface area contributed by atoms with Gasteiger partial charge in [-0.1, -0.05) is 17.7 Å². The van der Waals surface area contributed by atoms with Crippen molar-refractivity contribution in [1.29, 1.82) is 0 Å². The molecule has 3 aromatic heterocycles. The molecule has 0 radical (unpaired) electrons. The molecule has 0 atom stereocenters. The van der Waals surface area contributed by atoms with Crippen molar-refractivity contribution in [3.05, 3.63) is 35.9 Å². The average Bonchev–Trinajstić information content (AvgIpc) is 2.57. The van der Waals surface area contributed by atoms with Gasteiger partial charge < -0.3 is 0 Å². The Morgan fingerprint density at radius 2 is 2.14 bits per heavy atom. The number of pyridine rings is 1. The molecule has 0 aliphatic carbocycles. The minimum atomic E-state index is 0.441. The molecule has 68 valence electrons. The van der Waals surface area contributed by atoms with E-state index in [0.717, 1.165) is 10.9 Å². The number of hydrogen-bond donors (Lipinski definition) is 0. The molecule has 3 rings (SSSR count). The number of fused-ring (bicyclic) bond motifs is 3. The third-order valence-electron chi connectivity index (χ3n) is 2.08. The maximum absolute atomic E-state index is 5.97. The summed E-state index contributed by atoms with van der Waals surface area (Å²) in [7, 11) is 0. The SMILES string of the molecule is Clc1ncnc2nn3ccccc3c12. The molecule has 0 bridgehead atoms. The summed E-state index contributed by atoms with van der Waals surface area (Å²) in [6.07, 6.45) is 3.27. The van der Waals surface area contributed by atoms with Gasteiger partial charge in [-0.3, -0.25) is 0 Å². The zero-order valence-corrected chi connectivity index (χ0v) is 7.81. The first kappa shape index (κ1) is 7.70. The smallest absolute Gasteiger partial charge is 0.186 e. The summed E-state index contributed by atoms with van der Waals surface area (Å²) in [5, 5.41) is 5.50. The van der Waals surface area contributed by atoms with Crippen molar-refractivity contribution >= 4 is 28.2 Å². The van der Waals surface area contributed by atoms with Crippen LogP contribution >= 0.6 is 11.6 Å². The normalized spacial score (nSPS) is 11.2. The zero-order valence-electron chi connectivity index (χ0n) is 7.05. The van der Waals surface area contributed by atoms with Gasteiger partial charge >= 0.3 is 0 Å². The highest BCUT2D eigenvalue weighted by Gasteiger charge is 2.08. The van der Waals surface area contributed by atoms with Crippen molar-refractivity contribution in [2.45, 2.75) is 0 Å². The molecule has 0 aliphatic rings. The van der Waals surface area contributed by atoms with Crippen LogP contribution < -0.4 is 0 Å². The fourth-order valence-electron chi connectivity index (χ4n) is 1.47. The first-order chi connectivity index (χ1) is 6.86. The molecule has 0 unspecified atom stereocenters. The molecule has 4 nitrogen and oxygen atoms in total. The van der Waals surface area contributed by atoms with Crippen molar-refractivity contribution in [2.24, 2.45) is 0 Å². The van der Waals surface area contributed by atoms with Crippen LogP contribution in [0.3, 0.4) is 0 Å². The first-order valence-electron chi connectivity index (χ1n) is 4.10. The van der Waals surface area contributed by atoms with E-state index < -0.39 is 0 Å². The Bertz CT molecular complexity index is 616. The molecule has 0 aliphatic heterocycles. The van der Waals surface area contributed by atoms with Gasteiger partial charge in [-0.25, -0.2) is 14.5 Å². The van der Waals surface area contributed by atoms with E-state index in [9.17, 15) is 0 Å². The van der Waals surface area contributed by atoms with E-state index in [1.807, 2.05) is 24.4 Å². The average molecular weight is 205 g/mol. The Labute approximate surface area is 84.2 Å². The quantitative estimate of drug-likeness (QED) is 0.526. The summed E-state index contributed by atoms with van der Waals surface area (Å²) in [5.41, 5.74) is 1.55. The third kappa shape index (κ3) is 0.914. The summed E-state index contributed by atoms with van der Waals surface area (Å²) in [5.74, 6) is 0. The van der Waals surface area contributed by atoms with Crippen molar-refractivity contribution in [3.63, 3.8) is 0 Å². The second-order valence-corrected chi connectivity index (χ2v) is 3.25. The van der Waals surface area contributed by atoms with E-state index in [2.05, 4.69) is 15.1 Å². The molecule has 3 aromatic rings. The van der Waals surface area contributed by atoms with Gasteiger partial charge in [0, 0.05) is 6.20 Å². The van der Waals surface area contributed by atoms with E-state index >= 15 is 0 Å². The van der Waals surface area contributed by atoms with Gasteiger partial charge in [0.15, 0.2) is 5.65 Å². The van der Waals surface area contributed by atoms with E-state index in [1.165, 1.54) is 6.33 Å². The molecule has 0 amide bonds. The fraction of sp³-hybridized carbons (Fsp3) is 0. The highest BCUT2D eigenvalue weighted by molar-refractivity contribution is 6.35.